The van der Waals surface area contributed by atoms with Gasteiger partial charge in [-0.25, -0.2) is 4.39 Å². The first-order valence-electron chi connectivity index (χ1n) is 11.1. The van der Waals surface area contributed by atoms with E-state index in [9.17, 15) is 4.39 Å². The number of rotatable bonds is 10. The fourth-order valence-corrected chi connectivity index (χ4v) is 4.36. The molecule has 5 atom stereocenters. The summed E-state index contributed by atoms with van der Waals surface area (Å²) in [6, 6.07) is 29.6. The van der Waals surface area contributed by atoms with E-state index < -0.39 is 29.5 Å². The van der Waals surface area contributed by atoms with Gasteiger partial charge in [-0.15, -0.1) is 0 Å². The molecule has 1 fully saturated rings. The highest BCUT2D eigenvalue weighted by Gasteiger charge is 2.46. The maximum absolute atomic E-state index is 14.8. The molecule has 0 N–H and O–H groups in total. The molecule has 1 aliphatic rings. The van der Waals surface area contributed by atoms with Crippen molar-refractivity contribution in [1.82, 2.24) is 0 Å². The quantitative estimate of drug-likeness (QED) is 0.319. The van der Waals surface area contributed by atoms with Gasteiger partial charge in [-0.1, -0.05) is 107 Å². The Morgan fingerprint density at radius 3 is 1.64 bits per heavy atom. The van der Waals surface area contributed by atoms with Crippen molar-refractivity contribution in [1.29, 1.82) is 0 Å². The highest BCUT2D eigenvalue weighted by molar-refractivity contribution is 9.09. The summed E-state index contributed by atoms with van der Waals surface area (Å²) in [5.74, 6) is 0. The minimum absolute atomic E-state index is 0.194. The topological polar surface area (TPSA) is 36.9 Å². The van der Waals surface area contributed by atoms with Crippen molar-refractivity contribution in [2.75, 3.05) is 6.61 Å². The average Bonchev–Trinajstić information content (AvgIpc) is 2.86. The maximum atomic E-state index is 14.8. The van der Waals surface area contributed by atoms with Crippen LogP contribution in [0.5, 0.6) is 0 Å². The third-order valence-electron chi connectivity index (χ3n) is 5.52. The van der Waals surface area contributed by atoms with Crippen molar-refractivity contribution in [3.63, 3.8) is 0 Å². The second-order valence-electron chi connectivity index (χ2n) is 7.99. The smallest absolute Gasteiger partial charge is 0.214 e. The standard InChI is InChI=1S/C27H28BrFO4/c28-24-26(32-18-22-14-8-3-9-15-22)25(31-17-21-12-6-2-7-13-21)23(33-27(24)29)19-30-16-20-10-4-1-5-11-20/h1-15,23-27H,16-19H2/t23-,24+,25-,26-,27+/m1/s1. The fourth-order valence-electron chi connectivity index (χ4n) is 3.78. The summed E-state index contributed by atoms with van der Waals surface area (Å²) in [5, 5.41) is 0. The van der Waals surface area contributed by atoms with E-state index in [0.717, 1.165) is 16.7 Å². The lowest BCUT2D eigenvalue weighted by atomic mass is 10.0. The van der Waals surface area contributed by atoms with E-state index in [1.165, 1.54) is 0 Å². The van der Waals surface area contributed by atoms with Crippen molar-refractivity contribution in [2.24, 2.45) is 0 Å². The van der Waals surface area contributed by atoms with Gasteiger partial charge < -0.3 is 18.9 Å². The predicted octanol–water partition coefficient (Wildman–Crippen LogP) is 5.83. The Kier molecular flexibility index (Phi) is 9.03. The van der Waals surface area contributed by atoms with Crippen LogP contribution < -0.4 is 0 Å². The molecular formula is C27H28BrFO4. The Morgan fingerprint density at radius 2 is 1.12 bits per heavy atom. The molecular weight excluding hydrogens is 487 g/mol. The van der Waals surface area contributed by atoms with E-state index in [-0.39, 0.29) is 6.61 Å². The van der Waals surface area contributed by atoms with Crippen molar-refractivity contribution in [3.8, 4) is 0 Å². The highest BCUT2D eigenvalue weighted by Crippen LogP contribution is 2.32. The summed E-state index contributed by atoms with van der Waals surface area (Å²) in [7, 11) is 0. The molecule has 0 bridgehead atoms. The summed E-state index contributed by atoms with van der Waals surface area (Å²) < 4.78 is 38.9. The molecule has 0 spiro atoms. The molecule has 1 saturated heterocycles. The number of hydrogen-bond acceptors (Lipinski definition) is 4. The molecule has 1 aliphatic heterocycles. The zero-order chi connectivity index (χ0) is 22.9. The van der Waals surface area contributed by atoms with E-state index in [4.69, 9.17) is 18.9 Å². The Morgan fingerprint density at radius 1 is 0.667 bits per heavy atom. The molecule has 3 aromatic rings. The van der Waals surface area contributed by atoms with Gasteiger partial charge in [0.25, 0.3) is 0 Å². The zero-order valence-corrected chi connectivity index (χ0v) is 19.9. The molecule has 33 heavy (non-hydrogen) atoms. The molecule has 0 radical (unpaired) electrons. The van der Waals surface area contributed by atoms with Gasteiger partial charge in [0.1, 0.15) is 18.3 Å². The zero-order valence-electron chi connectivity index (χ0n) is 18.3. The van der Waals surface area contributed by atoms with E-state index in [1.807, 2.05) is 91.0 Å². The van der Waals surface area contributed by atoms with Crippen molar-refractivity contribution >= 4 is 15.9 Å². The van der Waals surface area contributed by atoms with Crippen LogP contribution in [0.1, 0.15) is 16.7 Å². The third-order valence-corrected chi connectivity index (χ3v) is 6.46. The third kappa shape index (κ3) is 6.95. The van der Waals surface area contributed by atoms with Gasteiger partial charge >= 0.3 is 0 Å². The molecule has 0 amide bonds. The number of benzene rings is 3. The van der Waals surface area contributed by atoms with Crippen molar-refractivity contribution in [2.45, 2.75) is 49.3 Å². The normalized spacial score (nSPS) is 25.1. The molecule has 0 aromatic heterocycles. The Hall–Kier alpha value is -2.09. The summed E-state index contributed by atoms with van der Waals surface area (Å²) >= 11 is 3.45. The first kappa shape index (κ1) is 24.0. The second-order valence-corrected chi connectivity index (χ2v) is 9.05. The summed E-state index contributed by atoms with van der Waals surface area (Å²) in [4.78, 5) is -0.660. The Labute approximate surface area is 202 Å². The number of alkyl halides is 2. The van der Waals surface area contributed by atoms with Crippen molar-refractivity contribution < 1.29 is 23.3 Å². The van der Waals surface area contributed by atoms with Gasteiger partial charge in [0.15, 0.2) is 0 Å². The molecule has 4 nitrogen and oxygen atoms in total. The van der Waals surface area contributed by atoms with E-state index in [2.05, 4.69) is 15.9 Å². The van der Waals surface area contributed by atoms with Gasteiger partial charge in [-0.05, 0) is 16.7 Å². The predicted molar refractivity (Wildman–Crippen MR) is 129 cm³/mol. The molecule has 4 rings (SSSR count). The molecule has 0 unspecified atom stereocenters. The highest BCUT2D eigenvalue weighted by atomic mass is 79.9. The first-order chi connectivity index (χ1) is 16.2. The molecule has 6 heteroatoms. The van der Waals surface area contributed by atoms with Gasteiger partial charge in [-0.2, -0.15) is 0 Å². The van der Waals surface area contributed by atoms with Gasteiger partial charge in [0, 0.05) is 0 Å². The van der Waals surface area contributed by atoms with Crippen LogP contribution in [0.3, 0.4) is 0 Å². The van der Waals surface area contributed by atoms with E-state index >= 15 is 0 Å². The SMILES string of the molecule is F[C@H]1O[C@H](COCc2ccccc2)[C@@H](OCc2ccccc2)[C@H](OCc2ccccc2)[C@@H]1Br. The maximum Gasteiger partial charge on any atom is 0.214 e. The minimum Gasteiger partial charge on any atom is -0.374 e. The van der Waals surface area contributed by atoms with Crippen LogP contribution >= 0.6 is 15.9 Å². The summed E-state index contributed by atoms with van der Waals surface area (Å²) in [5.41, 5.74) is 3.08. The van der Waals surface area contributed by atoms with Crippen LogP contribution in [-0.4, -0.2) is 36.1 Å². The van der Waals surface area contributed by atoms with Crippen LogP contribution in [0.4, 0.5) is 4.39 Å². The first-order valence-corrected chi connectivity index (χ1v) is 12.0. The van der Waals surface area contributed by atoms with Gasteiger partial charge in [-0.3, -0.25) is 0 Å². The van der Waals surface area contributed by atoms with E-state index in [1.54, 1.807) is 0 Å². The van der Waals surface area contributed by atoms with Crippen LogP contribution in [0.15, 0.2) is 91.0 Å². The van der Waals surface area contributed by atoms with Crippen LogP contribution in [0, 0.1) is 0 Å². The fraction of sp³-hybridized carbons (Fsp3) is 0.333. The number of halogens is 2. The lowest BCUT2D eigenvalue weighted by Crippen LogP contribution is -2.57. The Bertz CT molecular complexity index is 944. The van der Waals surface area contributed by atoms with E-state index in [0.29, 0.717) is 19.8 Å². The summed E-state index contributed by atoms with van der Waals surface area (Å²) in [6.45, 7) is 1.32. The molecule has 174 valence electrons. The summed E-state index contributed by atoms with van der Waals surface area (Å²) in [6.07, 6.45) is -3.21. The number of hydrogen-bond donors (Lipinski definition) is 0. The lowest BCUT2D eigenvalue weighted by molar-refractivity contribution is -0.240. The molecule has 1 heterocycles. The second kappa shape index (κ2) is 12.4. The van der Waals surface area contributed by atoms with Gasteiger partial charge in [0.05, 0.1) is 31.3 Å². The largest absolute Gasteiger partial charge is 0.374 e. The van der Waals surface area contributed by atoms with Crippen LogP contribution in [0.25, 0.3) is 0 Å². The molecule has 0 saturated carbocycles. The molecule has 0 aliphatic carbocycles. The molecule has 3 aromatic carbocycles. The Balaban J connectivity index is 1.46. The monoisotopic (exact) mass is 514 g/mol. The average molecular weight is 515 g/mol. The lowest BCUT2D eigenvalue weighted by Gasteiger charge is -2.42. The number of ether oxygens (including phenoxy) is 4. The minimum atomic E-state index is -1.53. The van der Waals surface area contributed by atoms with Gasteiger partial charge in [0.2, 0.25) is 6.36 Å². The van der Waals surface area contributed by atoms with Crippen LogP contribution in [-0.2, 0) is 38.8 Å². The van der Waals surface area contributed by atoms with Crippen molar-refractivity contribution in [3.05, 3.63) is 108 Å². The van der Waals surface area contributed by atoms with Crippen LogP contribution in [0.2, 0.25) is 0 Å².